The molecular weight excluding hydrogens is 414 g/mol. The summed E-state index contributed by atoms with van der Waals surface area (Å²) < 4.78 is 2.06. The van der Waals surface area contributed by atoms with E-state index in [1.165, 1.54) is 35.0 Å². The van der Waals surface area contributed by atoms with Gasteiger partial charge in [-0.15, -0.1) is 21.5 Å². The van der Waals surface area contributed by atoms with Crippen LogP contribution in [0.15, 0.2) is 35.5 Å². The van der Waals surface area contributed by atoms with Gasteiger partial charge in [0.05, 0.1) is 11.1 Å². The van der Waals surface area contributed by atoms with Crippen molar-refractivity contribution in [2.24, 2.45) is 0 Å². The minimum Gasteiger partial charge on any atom is -0.325 e. The average Bonchev–Trinajstić information content (AvgIpc) is 3.33. The highest BCUT2D eigenvalue weighted by atomic mass is 32.2. The second kappa shape index (κ2) is 8.00. The normalized spacial score (nSPS) is 13.8. The number of amides is 1. The van der Waals surface area contributed by atoms with Crippen molar-refractivity contribution in [2.75, 3.05) is 11.1 Å². The fraction of sp³-hybridized carbons (Fsp3) is 0.364. The van der Waals surface area contributed by atoms with Gasteiger partial charge in [0, 0.05) is 16.5 Å². The predicted octanol–water partition coefficient (Wildman–Crippen LogP) is 5.07. The molecule has 0 saturated carbocycles. The summed E-state index contributed by atoms with van der Waals surface area (Å²) in [6.07, 6.45) is 4.68. The summed E-state index contributed by atoms with van der Waals surface area (Å²) in [4.78, 5) is 20.0. The number of hydrogen-bond acceptors (Lipinski definition) is 6. The van der Waals surface area contributed by atoms with Crippen LogP contribution in [0.1, 0.15) is 48.9 Å². The maximum Gasteiger partial charge on any atom is 0.234 e. The van der Waals surface area contributed by atoms with Crippen molar-refractivity contribution >= 4 is 50.6 Å². The highest BCUT2D eigenvalue weighted by Crippen LogP contribution is 2.39. The Balaban J connectivity index is 1.50. The van der Waals surface area contributed by atoms with Gasteiger partial charge in [-0.05, 0) is 43.4 Å². The Morgan fingerprint density at radius 1 is 1.20 bits per heavy atom. The number of carbonyl (C=O) groups excluding carboxylic acids is 1. The molecule has 0 saturated heterocycles. The Labute approximate surface area is 183 Å². The van der Waals surface area contributed by atoms with Crippen LogP contribution in [-0.2, 0) is 17.6 Å². The fourth-order valence-electron chi connectivity index (χ4n) is 3.98. The van der Waals surface area contributed by atoms with Gasteiger partial charge in [-0.1, -0.05) is 43.8 Å². The van der Waals surface area contributed by atoms with Crippen LogP contribution in [0.5, 0.6) is 0 Å². The number of benzene rings is 1. The minimum atomic E-state index is -0.0593. The van der Waals surface area contributed by atoms with Crippen molar-refractivity contribution < 1.29 is 4.79 Å². The number of anilines is 1. The third kappa shape index (κ3) is 3.48. The molecule has 0 spiro atoms. The van der Waals surface area contributed by atoms with Gasteiger partial charge in [0.2, 0.25) is 5.91 Å². The maximum atomic E-state index is 12.4. The summed E-state index contributed by atoms with van der Waals surface area (Å²) in [6.45, 7) is 4.27. The maximum absolute atomic E-state index is 12.4. The molecule has 0 fully saturated rings. The van der Waals surface area contributed by atoms with Crippen LogP contribution in [-0.4, -0.2) is 31.2 Å². The van der Waals surface area contributed by atoms with Gasteiger partial charge in [-0.3, -0.25) is 9.20 Å². The first kappa shape index (κ1) is 19.5. The van der Waals surface area contributed by atoms with Crippen molar-refractivity contribution in [1.29, 1.82) is 0 Å². The lowest BCUT2D eigenvalue weighted by atomic mass is 9.97. The summed E-state index contributed by atoms with van der Waals surface area (Å²) in [5.41, 5.74) is 3.08. The molecule has 30 heavy (non-hydrogen) atoms. The lowest BCUT2D eigenvalue weighted by Crippen LogP contribution is -2.14. The van der Waals surface area contributed by atoms with E-state index in [1.807, 2.05) is 41.7 Å². The highest BCUT2D eigenvalue weighted by Gasteiger charge is 2.24. The number of aromatic nitrogens is 4. The topological polar surface area (TPSA) is 72.2 Å². The molecule has 0 radical (unpaired) electrons. The van der Waals surface area contributed by atoms with Crippen LogP contribution in [0.2, 0.25) is 0 Å². The zero-order chi connectivity index (χ0) is 20.7. The molecule has 8 heteroatoms. The van der Waals surface area contributed by atoms with E-state index in [2.05, 4.69) is 33.8 Å². The minimum absolute atomic E-state index is 0.0593. The third-order valence-corrected chi connectivity index (χ3v) is 7.48. The number of fused-ring (bicyclic) bond motifs is 5. The van der Waals surface area contributed by atoms with Gasteiger partial charge in [-0.25, -0.2) is 4.98 Å². The molecule has 3 heterocycles. The number of nitrogens with zero attached hydrogens (tertiary/aromatic N) is 4. The van der Waals surface area contributed by atoms with Gasteiger partial charge < -0.3 is 5.32 Å². The van der Waals surface area contributed by atoms with Crippen molar-refractivity contribution in [1.82, 2.24) is 19.6 Å². The SMILES string of the molecule is CC(C)c1nc2sc3c(c2c2nnc(SCC(=O)Nc4ccccc4)n12)CCCC3. The van der Waals surface area contributed by atoms with E-state index in [1.54, 1.807) is 0 Å². The highest BCUT2D eigenvalue weighted by molar-refractivity contribution is 7.99. The lowest BCUT2D eigenvalue weighted by molar-refractivity contribution is -0.113. The van der Waals surface area contributed by atoms with E-state index in [0.717, 1.165) is 45.4 Å². The fourth-order valence-corrected chi connectivity index (χ4v) is 5.99. The molecule has 4 aromatic rings. The van der Waals surface area contributed by atoms with Crippen molar-refractivity contribution in [2.45, 2.75) is 50.6 Å². The van der Waals surface area contributed by atoms with Crippen molar-refractivity contribution in [3.63, 3.8) is 0 Å². The molecule has 3 aromatic heterocycles. The number of hydrogen-bond donors (Lipinski definition) is 1. The summed E-state index contributed by atoms with van der Waals surface area (Å²) in [5.74, 6) is 1.39. The van der Waals surface area contributed by atoms with Gasteiger partial charge in [0.25, 0.3) is 0 Å². The van der Waals surface area contributed by atoms with Crippen LogP contribution in [0, 0.1) is 0 Å². The van der Waals surface area contributed by atoms with Crippen LogP contribution in [0.25, 0.3) is 15.9 Å². The monoisotopic (exact) mass is 437 g/mol. The van der Waals surface area contributed by atoms with E-state index in [0.29, 0.717) is 0 Å². The molecule has 0 atom stereocenters. The molecule has 1 aromatic carbocycles. The average molecular weight is 438 g/mol. The molecule has 0 bridgehead atoms. The molecule has 0 unspecified atom stereocenters. The van der Waals surface area contributed by atoms with Crippen LogP contribution in [0.4, 0.5) is 5.69 Å². The molecular formula is C22H23N5OS2. The van der Waals surface area contributed by atoms with E-state index in [-0.39, 0.29) is 17.6 Å². The zero-order valence-corrected chi connectivity index (χ0v) is 18.6. The number of rotatable bonds is 5. The number of carbonyl (C=O) groups is 1. The quantitative estimate of drug-likeness (QED) is 0.441. The Morgan fingerprint density at radius 3 is 2.80 bits per heavy atom. The van der Waals surface area contributed by atoms with E-state index >= 15 is 0 Å². The van der Waals surface area contributed by atoms with Crippen molar-refractivity contribution in [3.05, 3.63) is 46.6 Å². The second-order valence-corrected chi connectivity index (χ2v) is 9.89. The van der Waals surface area contributed by atoms with Crippen LogP contribution >= 0.6 is 23.1 Å². The summed E-state index contributed by atoms with van der Waals surface area (Å²) in [6, 6.07) is 9.50. The smallest absolute Gasteiger partial charge is 0.234 e. The molecule has 5 rings (SSSR count). The van der Waals surface area contributed by atoms with Gasteiger partial charge in [-0.2, -0.15) is 0 Å². The summed E-state index contributed by atoms with van der Waals surface area (Å²) >= 11 is 3.22. The molecule has 0 aliphatic heterocycles. The van der Waals surface area contributed by atoms with E-state index in [4.69, 9.17) is 4.98 Å². The number of thioether (sulfide) groups is 1. The summed E-state index contributed by atoms with van der Waals surface area (Å²) in [5, 5.41) is 13.8. The molecule has 1 aliphatic rings. The number of thiophene rings is 1. The molecule has 1 N–H and O–H groups in total. The number of para-hydroxylation sites is 1. The molecule has 1 amide bonds. The van der Waals surface area contributed by atoms with E-state index in [9.17, 15) is 4.79 Å². The van der Waals surface area contributed by atoms with Crippen LogP contribution in [0.3, 0.4) is 0 Å². The molecule has 6 nitrogen and oxygen atoms in total. The zero-order valence-electron chi connectivity index (χ0n) is 17.0. The molecule has 1 aliphatic carbocycles. The first-order chi connectivity index (χ1) is 14.6. The largest absolute Gasteiger partial charge is 0.325 e. The Morgan fingerprint density at radius 2 is 2.00 bits per heavy atom. The van der Waals surface area contributed by atoms with Gasteiger partial charge in [0.1, 0.15) is 10.7 Å². The lowest BCUT2D eigenvalue weighted by Gasteiger charge is -2.12. The Hall–Kier alpha value is -2.45. The second-order valence-electron chi connectivity index (χ2n) is 7.86. The Bertz CT molecular complexity index is 1230. The molecule has 154 valence electrons. The standard InChI is InChI=1S/C22H23N5OS2/c1-13(2)19-24-21-18(15-10-6-7-11-16(15)30-21)20-25-26-22(27(19)20)29-12-17(28)23-14-8-4-3-5-9-14/h3-5,8-9,13H,6-7,10-12H2,1-2H3,(H,23,28). The van der Waals surface area contributed by atoms with Crippen LogP contribution < -0.4 is 5.32 Å². The predicted molar refractivity (Wildman–Crippen MR) is 123 cm³/mol. The van der Waals surface area contributed by atoms with E-state index < -0.39 is 0 Å². The first-order valence-electron chi connectivity index (χ1n) is 10.3. The van der Waals surface area contributed by atoms with Gasteiger partial charge >= 0.3 is 0 Å². The Kier molecular flexibility index (Phi) is 5.20. The van der Waals surface area contributed by atoms with Crippen molar-refractivity contribution in [3.8, 4) is 0 Å². The summed E-state index contributed by atoms with van der Waals surface area (Å²) in [7, 11) is 0. The first-order valence-corrected chi connectivity index (χ1v) is 12.1. The van der Waals surface area contributed by atoms with Gasteiger partial charge in [0.15, 0.2) is 10.8 Å². The third-order valence-electron chi connectivity index (χ3n) is 5.36. The number of nitrogens with one attached hydrogen (secondary N) is 1. The number of aryl methyl sites for hydroxylation is 2.